The molecule has 2 aliphatic rings. The molecule has 2 aromatic carbocycles. The maximum Gasteiger partial charge on any atom is 0.523 e. The van der Waals surface area contributed by atoms with Crippen molar-refractivity contribution in [1.82, 2.24) is 0 Å². The predicted molar refractivity (Wildman–Crippen MR) is 85.5 cm³/mol. The van der Waals surface area contributed by atoms with Gasteiger partial charge in [-0.3, -0.25) is 4.18 Å². The number of halogens is 3. The Bertz CT molecular complexity index is 924. The van der Waals surface area contributed by atoms with Gasteiger partial charge in [-0.1, -0.05) is 48.5 Å². The van der Waals surface area contributed by atoms with Gasteiger partial charge in [-0.2, -0.15) is 21.6 Å². The van der Waals surface area contributed by atoms with E-state index in [2.05, 4.69) is 0 Å². The minimum Gasteiger partial charge on any atom is -0.258 e. The van der Waals surface area contributed by atoms with Gasteiger partial charge in [0.2, 0.25) is 0 Å². The van der Waals surface area contributed by atoms with E-state index < -0.39 is 27.1 Å². The number of alkyl halides is 3. The summed E-state index contributed by atoms with van der Waals surface area (Å²) in [6.07, 6.45) is 0.248. The Kier molecular flexibility index (Phi) is 3.53. The molecule has 0 aliphatic heterocycles. The van der Waals surface area contributed by atoms with Gasteiger partial charge in [0, 0.05) is 11.8 Å². The Morgan fingerprint density at radius 2 is 1.52 bits per heavy atom. The molecule has 3 nitrogen and oxygen atoms in total. The van der Waals surface area contributed by atoms with Crippen molar-refractivity contribution in [3.8, 4) is 0 Å². The van der Waals surface area contributed by atoms with Gasteiger partial charge in [-0.25, -0.2) is 0 Å². The largest absolute Gasteiger partial charge is 0.523 e. The highest BCUT2D eigenvalue weighted by Crippen LogP contribution is 2.54. The van der Waals surface area contributed by atoms with Crippen LogP contribution in [0.2, 0.25) is 0 Å². The molecule has 0 saturated heterocycles. The van der Waals surface area contributed by atoms with Gasteiger partial charge < -0.3 is 0 Å². The summed E-state index contributed by atoms with van der Waals surface area (Å²) >= 11 is 0. The number of aryl methyl sites for hydroxylation is 1. The lowest BCUT2D eigenvalue weighted by atomic mass is 9.75. The van der Waals surface area contributed by atoms with Crippen molar-refractivity contribution in [3.05, 3.63) is 70.8 Å². The van der Waals surface area contributed by atoms with Crippen molar-refractivity contribution in [3.63, 3.8) is 0 Å². The smallest absolute Gasteiger partial charge is 0.258 e. The number of hydrogen-bond acceptors (Lipinski definition) is 3. The van der Waals surface area contributed by atoms with Crippen LogP contribution in [-0.2, 0) is 32.6 Å². The van der Waals surface area contributed by atoms with E-state index in [0.29, 0.717) is 12.8 Å². The summed E-state index contributed by atoms with van der Waals surface area (Å²) in [6, 6.07) is 14.8. The molecule has 132 valence electrons. The molecule has 0 saturated carbocycles. The molecular formula is C18H15F3O3S. The van der Waals surface area contributed by atoms with E-state index in [1.165, 1.54) is 0 Å². The molecule has 0 aromatic heterocycles. The molecule has 2 unspecified atom stereocenters. The Labute approximate surface area is 143 Å². The first-order valence-electron chi connectivity index (χ1n) is 7.92. The molecule has 2 aliphatic carbocycles. The molecule has 0 amide bonds. The topological polar surface area (TPSA) is 43.4 Å². The van der Waals surface area contributed by atoms with Crippen LogP contribution in [0.4, 0.5) is 13.2 Å². The standard InChI is InChI=1S/C18H15F3O3S/c19-18(20,21)25(22,23)24-16-11-13-6-2-4-8-15(13)17(16)10-9-12-5-1-3-7-14(12)17/h1-8,16H,9-11H2. The summed E-state index contributed by atoms with van der Waals surface area (Å²) in [5, 5.41) is 0. The van der Waals surface area contributed by atoms with Crippen LogP contribution in [0, 0.1) is 0 Å². The fourth-order valence-electron chi connectivity index (χ4n) is 4.26. The van der Waals surface area contributed by atoms with E-state index in [1.807, 2.05) is 42.5 Å². The van der Waals surface area contributed by atoms with E-state index in [9.17, 15) is 21.6 Å². The third-order valence-electron chi connectivity index (χ3n) is 5.27. The van der Waals surface area contributed by atoms with Crippen LogP contribution in [0.5, 0.6) is 0 Å². The summed E-state index contributed by atoms with van der Waals surface area (Å²) in [5.74, 6) is 0. The first-order valence-corrected chi connectivity index (χ1v) is 9.33. The maximum atomic E-state index is 12.9. The summed E-state index contributed by atoms with van der Waals surface area (Å²) in [6.45, 7) is 0. The van der Waals surface area contributed by atoms with E-state index in [4.69, 9.17) is 4.18 Å². The summed E-state index contributed by atoms with van der Waals surface area (Å²) in [5.41, 5.74) is -2.70. The number of fused-ring (bicyclic) bond motifs is 4. The molecular weight excluding hydrogens is 353 g/mol. The van der Waals surface area contributed by atoms with Crippen LogP contribution in [0.15, 0.2) is 48.5 Å². The van der Waals surface area contributed by atoms with Gasteiger partial charge in [0.25, 0.3) is 0 Å². The summed E-state index contributed by atoms with van der Waals surface area (Å²) in [7, 11) is -5.66. The zero-order valence-electron chi connectivity index (χ0n) is 13.1. The van der Waals surface area contributed by atoms with Gasteiger partial charge in [-0.15, -0.1) is 0 Å². The second-order valence-electron chi connectivity index (χ2n) is 6.47. The lowest BCUT2D eigenvalue weighted by Gasteiger charge is -2.33. The van der Waals surface area contributed by atoms with Crippen LogP contribution in [-0.4, -0.2) is 20.0 Å². The predicted octanol–water partition coefficient (Wildman–Crippen LogP) is 3.71. The molecule has 1 spiro atoms. The summed E-state index contributed by atoms with van der Waals surface area (Å²) < 4.78 is 66.7. The van der Waals surface area contributed by atoms with Crippen molar-refractivity contribution < 1.29 is 25.8 Å². The van der Waals surface area contributed by atoms with Crippen LogP contribution < -0.4 is 0 Å². The molecule has 0 fully saturated rings. The first-order chi connectivity index (χ1) is 11.8. The second-order valence-corrected chi connectivity index (χ2v) is 8.04. The molecule has 2 aromatic rings. The van der Waals surface area contributed by atoms with Crippen LogP contribution in [0.3, 0.4) is 0 Å². The zero-order chi connectivity index (χ0) is 17.9. The Balaban J connectivity index is 1.87. The number of hydrogen-bond donors (Lipinski definition) is 0. The van der Waals surface area contributed by atoms with E-state index >= 15 is 0 Å². The van der Waals surface area contributed by atoms with Gasteiger partial charge >= 0.3 is 15.6 Å². The van der Waals surface area contributed by atoms with Gasteiger partial charge in [0.1, 0.15) is 0 Å². The Morgan fingerprint density at radius 1 is 0.960 bits per heavy atom. The van der Waals surface area contributed by atoms with Gasteiger partial charge in [-0.05, 0) is 35.1 Å². The fourth-order valence-corrected chi connectivity index (χ4v) is 4.91. The van der Waals surface area contributed by atoms with E-state index in [-0.39, 0.29) is 6.42 Å². The van der Waals surface area contributed by atoms with Crippen molar-refractivity contribution in [2.45, 2.75) is 36.3 Å². The third-order valence-corrected chi connectivity index (χ3v) is 6.32. The van der Waals surface area contributed by atoms with Crippen LogP contribution in [0.25, 0.3) is 0 Å². The average Bonchev–Trinajstić information content (AvgIpc) is 3.08. The molecule has 7 heteroatoms. The highest BCUT2D eigenvalue weighted by Gasteiger charge is 2.57. The minimum atomic E-state index is -5.66. The molecule has 0 heterocycles. The average molecular weight is 368 g/mol. The normalized spacial score (nSPS) is 25.2. The third kappa shape index (κ3) is 2.33. The highest BCUT2D eigenvalue weighted by molar-refractivity contribution is 7.87. The lowest BCUT2D eigenvalue weighted by molar-refractivity contribution is -0.0591. The van der Waals surface area contributed by atoms with E-state index in [1.54, 1.807) is 6.07 Å². The SMILES string of the molecule is O=S(=O)(OC1Cc2ccccc2C12CCc1ccccc12)C(F)(F)F. The van der Waals surface area contributed by atoms with Crippen LogP contribution in [0.1, 0.15) is 28.7 Å². The minimum absolute atomic E-state index is 0.139. The lowest BCUT2D eigenvalue weighted by Crippen LogP contribution is -2.41. The summed E-state index contributed by atoms with van der Waals surface area (Å²) in [4.78, 5) is 0. The fraction of sp³-hybridized carbons (Fsp3) is 0.333. The highest BCUT2D eigenvalue weighted by atomic mass is 32.2. The van der Waals surface area contributed by atoms with E-state index in [0.717, 1.165) is 22.3 Å². The molecule has 25 heavy (non-hydrogen) atoms. The molecule has 4 rings (SSSR count). The molecule has 0 bridgehead atoms. The zero-order valence-corrected chi connectivity index (χ0v) is 13.9. The van der Waals surface area contributed by atoms with Crippen molar-refractivity contribution in [2.24, 2.45) is 0 Å². The quantitative estimate of drug-likeness (QED) is 0.600. The van der Waals surface area contributed by atoms with Crippen molar-refractivity contribution in [1.29, 1.82) is 0 Å². The Morgan fingerprint density at radius 3 is 2.16 bits per heavy atom. The monoisotopic (exact) mass is 368 g/mol. The van der Waals surface area contributed by atoms with Crippen LogP contribution >= 0.6 is 0 Å². The van der Waals surface area contributed by atoms with Crippen molar-refractivity contribution in [2.75, 3.05) is 0 Å². The van der Waals surface area contributed by atoms with Gasteiger partial charge in [0.15, 0.2) is 0 Å². The first kappa shape index (κ1) is 16.6. The number of rotatable bonds is 2. The number of benzene rings is 2. The maximum absolute atomic E-state index is 12.9. The second kappa shape index (κ2) is 5.32. The van der Waals surface area contributed by atoms with Gasteiger partial charge in [0.05, 0.1) is 6.10 Å². The molecule has 0 N–H and O–H groups in total. The van der Waals surface area contributed by atoms with Crippen molar-refractivity contribution >= 4 is 10.1 Å². The Hall–Kier alpha value is -1.86. The molecule has 2 atom stereocenters. The molecule has 0 radical (unpaired) electrons.